The highest BCUT2D eigenvalue weighted by atomic mass is 19.4. The molecule has 0 bridgehead atoms. The van der Waals surface area contributed by atoms with E-state index in [0.29, 0.717) is 19.3 Å². The van der Waals surface area contributed by atoms with Gasteiger partial charge in [0.05, 0.1) is 5.92 Å². The van der Waals surface area contributed by atoms with Crippen LogP contribution < -0.4 is 5.32 Å². The minimum Gasteiger partial charge on any atom is -0.480 e. The first-order valence-corrected chi connectivity index (χ1v) is 6.77. The smallest absolute Gasteiger partial charge is 0.393 e. The Labute approximate surface area is 111 Å². The molecule has 0 spiro atoms. The van der Waals surface area contributed by atoms with Gasteiger partial charge in [0.15, 0.2) is 0 Å². The Morgan fingerprint density at radius 3 is 2.37 bits per heavy atom. The molecule has 112 valence electrons. The molecule has 1 fully saturated rings. The highest BCUT2D eigenvalue weighted by Gasteiger charge is 2.46. The van der Waals surface area contributed by atoms with E-state index in [1.807, 2.05) is 13.8 Å². The van der Waals surface area contributed by atoms with Crippen molar-refractivity contribution < 1.29 is 23.1 Å². The Kier molecular flexibility index (Phi) is 5.64. The third-order valence-corrected chi connectivity index (χ3v) is 3.61. The molecule has 0 heterocycles. The Morgan fingerprint density at radius 2 is 1.89 bits per heavy atom. The van der Waals surface area contributed by atoms with Crippen molar-refractivity contribution in [2.45, 2.75) is 64.2 Å². The Hall–Kier alpha value is -0.780. The van der Waals surface area contributed by atoms with Gasteiger partial charge in [0.1, 0.15) is 6.04 Å². The largest absolute Gasteiger partial charge is 0.480 e. The van der Waals surface area contributed by atoms with E-state index < -0.39 is 30.1 Å². The van der Waals surface area contributed by atoms with Crippen LogP contribution in [-0.4, -0.2) is 29.3 Å². The third-order valence-electron chi connectivity index (χ3n) is 3.61. The highest BCUT2D eigenvalue weighted by molar-refractivity contribution is 5.73. The summed E-state index contributed by atoms with van der Waals surface area (Å²) in [5.41, 5.74) is 0. The van der Waals surface area contributed by atoms with Crippen LogP contribution in [0.5, 0.6) is 0 Å². The number of nitrogens with one attached hydrogen (secondary N) is 1. The van der Waals surface area contributed by atoms with Gasteiger partial charge in [-0.15, -0.1) is 0 Å². The molecule has 0 aliphatic heterocycles. The van der Waals surface area contributed by atoms with Crippen LogP contribution in [0.15, 0.2) is 0 Å². The SMILES string of the molecule is CC(C)CC(NC1CCCCC1C(F)(F)F)C(=O)O. The average Bonchev–Trinajstić information content (AvgIpc) is 2.26. The summed E-state index contributed by atoms with van der Waals surface area (Å²) in [6.07, 6.45) is -2.14. The van der Waals surface area contributed by atoms with E-state index in [1.165, 1.54) is 0 Å². The first kappa shape index (κ1) is 16.3. The number of carboxylic acid groups (broad SMARTS) is 1. The molecule has 0 aromatic rings. The fraction of sp³-hybridized carbons (Fsp3) is 0.923. The summed E-state index contributed by atoms with van der Waals surface area (Å²) in [5, 5.41) is 11.8. The molecule has 1 aliphatic rings. The summed E-state index contributed by atoms with van der Waals surface area (Å²) in [7, 11) is 0. The maximum atomic E-state index is 12.9. The van der Waals surface area contributed by atoms with Crippen molar-refractivity contribution in [1.29, 1.82) is 0 Å². The number of hydrogen-bond donors (Lipinski definition) is 2. The second kappa shape index (κ2) is 6.59. The normalized spacial score (nSPS) is 26.4. The van der Waals surface area contributed by atoms with Gasteiger partial charge in [-0.05, 0) is 25.2 Å². The van der Waals surface area contributed by atoms with E-state index in [4.69, 9.17) is 5.11 Å². The van der Waals surface area contributed by atoms with E-state index in [-0.39, 0.29) is 12.3 Å². The van der Waals surface area contributed by atoms with Crippen LogP contribution in [0.1, 0.15) is 46.0 Å². The fourth-order valence-electron chi connectivity index (χ4n) is 2.69. The van der Waals surface area contributed by atoms with Crippen LogP contribution in [0.2, 0.25) is 0 Å². The number of carbonyl (C=O) groups is 1. The number of rotatable bonds is 5. The second-order valence-corrected chi connectivity index (χ2v) is 5.73. The average molecular weight is 281 g/mol. The number of alkyl halides is 3. The number of aliphatic carboxylic acids is 1. The van der Waals surface area contributed by atoms with Crippen molar-refractivity contribution in [3.8, 4) is 0 Å². The summed E-state index contributed by atoms with van der Waals surface area (Å²) in [4.78, 5) is 11.1. The van der Waals surface area contributed by atoms with Gasteiger partial charge in [-0.2, -0.15) is 13.2 Å². The summed E-state index contributed by atoms with van der Waals surface area (Å²) in [6.45, 7) is 3.72. The van der Waals surface area contributed by atoms with Crippen LogP contribution in [0.25, 0.3) is 0 Å². The minimum absolute atomic E-state index is 0.0924. The molecule has 6 heteroatoms. The molecule has 0 saturated heterocycles. The Balaban J connectivity index is 2.72. The van der Waals surface area contributed by atoms with Crippen LogP contribution >= 0.6 is 0 Å². The van der Waals surface area contributed by atoms with E-state index in [2.05, 4.69) is 5.32 Å². The molecule has 0 amide bonds. The van der Waals surface area contributed by atoms with E-state index in [1.54, 1.807) is 0 Å². The van der Waals surface area contributed by atoms with Gasteiger partial charge < -0.3 is 10.4 Å². The molecule has 1 rings (SSSR count). The van der Waals surface area contributed by atoms with Crippen molar-refractivity contribution in [2.75, 3.05) is 0 Å². The molecule has 1 saturated carbocycles. The van der Waals surface area contributed by atoms with Gasteiger partial charge in [0.2, 0.25) is 0 Å². The van der Waals surface area contributed by atoms with Crippen LogP contribution in [-0.2, 0) is 4.79 Å². The first-order chi connectivity index (χ1) is 8.71. The van der Waals surface area contributed by atoms with E-state index in [0.717, 1.165) is 6.42 Å². The Morgan fingerprint density at radius 1 is 1.32 bits per heavy atom. The number of hydrogen-bond acceptors (Lipinski definition) is 2. The lowest BCUT2D eigenvalue weighted by Gasteiger charge is -2.35. The zero-order valence-electron chi connectivity index (χ0n) is 11.3. The highest BCUT2D eigenvalue weighted by Crippen LogP contribution is 2.38. The van der Waals surface area contributed by atoms with Gasteiger partial charge in [-0.25, -0.2) is 0 Å². The van der Waals surface area contributed by atoms with Crippen LogP contribution in [0.3, 0.4) is 0 Å². The molecule has 3 nitrogen and oxygen atoms in total. The second-order valence-electron chi connectivity index (χ2n) is 5.73. The molecule has 3 unspecified atom stereocenters. The van der Waals surface area contributed by atoms with Crippen LogP contribution in [0.4, 0.5) is 13.2 Å². The van der Waals surface area contributed by atoms with Gasteiger partial charge >= 0.3 is 12.1 Å². The zero-order valence-corrected chi connectivity index (χ0v) is 11.3. The lowest BCUT2D eigenvalue weighted by atomic mass is 9.83. The Bertz CT molecular complexity index is 305. The van der Waals surface area contributed by atoms with Gasteiger partial charge in [0.25, 0.3) is 0 Å². The van der Waals surface area contributed by atoms with Gasteiger partial charge in [-0.1, -0.05) is 26.7 Å². The van der Waals surface area contributed by atoms with E-state index >= 15 is 0 Å². The number of carboxylic acids is 1. The molecule has 19 heavy (non-hydrogen) atoms. The lowest BCUT2D eigenvalue weighted by molar-refractivity contribution is -0.190. The topological polar surface area (TPSA) is 49.3 Å². The predicted octanol–water partition coefficient (Wildman–Crippen LogP) is 3.20. The summed E-state index contributed by atoms with van der Waals surface area (Å²) >= 11 is 0. The van der Waals surface area contributed by atoms with Crippen molar-refractivity contribution in [3.05, 3.63) is 0 Å². The number of halogens is 3. The molecule has 0 aromatic heterocycles. The maximum absolute atomic E-state index is 12.9. The summed E-state index contributed by atoms with van der Waals surface area (Å²) < 4.78 is 38.8. The van der Waals surface area contributed by atoms with Gasteiger partial charge in [0, 0.05) is 6.04 Å². The summed E-state index contributed by atoms with van der Waals surface area (Å²) in [5.74, 6) is -2.36. The maximum Gasteiger partial charge on any atom is 0.393 e. The molecular weight excluding hydrogens is 259 g/mol. The molecule has 1 aliphatic carbocycles. The molecule has 0 radical (unpaired) electrons. The first-order valence-electron chi connectivity index (χ1n) is 6.77. The zero-order chi connectivity index (χ0) is 14.6. The lowest BCUT2D eigenvalue weighted by Crippen LogP contribution is -2.51. The summed E-state index contributed by atoms with van der Waals surface area (Å²) in [6, 6.07) is -1.67. The molecule has 2 N–H and O–H groups in total. The van der Waals surface area contributed by atoms with Crippen molar-refractivity contribution in [3.63, 3.8) is 0 Å². The van der Waals surface area contributed by atoms with E-state index in [9.17, 15) is 18.0 Å². The van der Waals surface area contributed by atoms with Crippen molar-refractivity contribution >= 4 is 5.97 Å². The van der Waals surface area contributed by atoms with Crippen LogP contribution in [0, 0.1) is 11.8 Å². The molecular formula is C13H22F3NO2. The minimum atomic E-state index is -4.25. The van der Waals surface area contributed by atoms with Crippen molar-refractivity contribution in [1.82, 2.24) is 5.32 Å². The third kappa shape index (κ3) is 5.01. The monoisotopic (exact) mass is 281 g/mol. The fourth-order valence-corrected chi connectivity index (χ4v) is 2.69. The van der Waals surface area contributed by atoms with Gasteiger partial charge in [-0.3, -0.25) is 4.79 Å². The quantitative estimate of drug-likeness (QED) is 0.813. The molecule has 3 atom stereocenters. The predicted molar refractivity (Wildman–Crippen MR) is 65.8 cm³/mol. The van der Waals surface area contributed by atoms with Crippen molar-refractivity contribution in [2.24, 2.45) is 11.8 Å². The molecule has 0 aromatic carbocycles. The standard InChI is InChI=1S/C13H22F3NO2/c1-8(2)7-11(12(18)19)17-10-6-4-3-5-9(10)13(14,15)16/h8-11,17H,3-7H2,1-2H3,(H,18,19).